The first kappa shape index (κ1) is 10.0. The third-order valence-electron chi connectivity index (χ3n) is 2.71. The van der Waals surface area contributed by atoms with Crippen molar-refractivity contribution in [1.29, 1.82) is 0 Å². The second kappa shape index (κ2) is 3.27. The lowest BCUT2D eigenvalue weighted by Crippen LogP contribution is -2.10. The van der Waals surface area contributed by atoms with Crippen LogP contribution in [0.25, 0.3) is 10.8 Å². The van der Waals surface area contributed by atoms with Crippen LogP contribution < -0.4 is 0 Å². The van der Waals surface area contributed by atoms with E-state index in [0.29, 0.717) is 5.75 Å². The molecule has 0 aromatic heterocycles. The minimum Gasteiger partial charge on any atom is -0.507 e. The maximum Gasteiger partial charge on any atom is 0.123 e. The maximum absolute atomic E-state index is 9.92. The van der Waals surface area contributed by atoms with Gasteiger partial charge in [-0.15, -0.1) is 0 Å². The molecule has 0 amide bonds. The van der Waals surface area contributed by atoms with Crippen molar-refractivity contribution in [2.75, 3.05) is 0 Å². The van der Waals surface area contributed by atoms with Gasteiger partial charge in [0.2, 0.25) is 0 Å². The summed E-state index contributed by atoms with van der Waals surface area (Å²) in [5.74, 6) is 0.373. The lowest BCUT2D eigenvalue weighted by atomic mass is 9.85. The monoisotopic (exact) mass is 200 g/mol. The quantitative estimate of drug-likeness (QED) is 0.685. The van der Waals surface area contributed by atoms with E-state index in [1.165, 1.54) is 5.56 Å². The molecule has 0 bridgehead atoms. The Labute approximate surface area is 90.4 Å². The van der Waals surface area contributed by atoms with E-state index in [4.69, 9.17) is 0 Å². The highest BCUT2D eigenvalue weighted by atomic mass is 16.3. The SMILES string of the molecule is CC(C)(C)c1cc(O)c2ccccc2c1. The number of aromatic hydroxyl groups is 1. The molecule has 0 saturated heterocycles. The summed E-state index contributed by atoms with van der Waals surface area (Å²) in [6.07, 6.45) is 0. The number of fused-ring (bicyclic) bond motifs is 1. The maximum atomic E-state index is 9.92. The fourth-order valence-electron chi connectivity index (χ4n) is 1.72. The van der Waals surface area contributed by atoms with Gasteiger partial charge in [0.25, 0.3) is 0 Å². The van der Waals surface area contributed by atoms with Crippen LogP contribution in [0.4, 0.5) is 0 Å². The fraction of sp³-hybridized carbons (Fsp3) is 0.286. The number of phenols is 1. The second-order valence-corrected chi connectivity index (χ2v) is 4.97. The molecule has 0 aliphatic carbocycles. The molecule has 0 radical (unpaired) electrons. The van der Waals surface area contributed by atoms with Crippen LogP contribution in [-0.2, 0) is 5.41 Å². The normalized spacial score (nSPS) is 11.9. The average molecular weight is 200 g/mol. The van der Waals surface area contributed by atoms with E-state index >= 15 is 0 Å². The zero-order valence-corrected chi connectivity index (χ0v) is 9.41. The summed E-state index contributed by atoms with van der Waals surface area (Å²) in [5, 5.41) is 11.9. The van der Waals surface area contributed by atoms with Crippen molar-refractivity contribution >= 4 is 10.8 Å². The van der Waals surface area contributed by atoms with Crippen molar-refractivity contribution in [1.82, 2.24) is 0 Å². The largest absolute Gasteiger partial charge is 0.507 e. The van der Waals surface area contributed by atoms with E-state index in [9.17, 15) is 5.11 Å². The van der Waals surface area contributed by atoms with Gasteiger partial charge in [0.15, 0.2) is 0 Å². The van der Waals surface area contributed by atoms with Crippen LogP contribution in [0.5, 0.6) is 5.75 Å². The van der Waals surface area contributed by atoms with Crippen LogP contribution in [-0.4, -0.2) is 5.11 Å². The molecule has 1 N–H and O–H groups in total. The highest BCUT2D eigenvalue weighted by Crippen LogP contribution is 2.32. The van der Waals surface area contributed by atoms with Gasteiger partial charge < -0.3 is 5.11 Å². The predicted molar refractivity (Wildman–Crippen MR) is 64.3 cm³/mol. The molecule has 1 heteroatoms. The molecule has 2 aromatic carbocycles. The number of rotatable bonds is 0. The lowest BCUT2D eigenvalue weighted by molar-refractivity contribution is 0.477. The van der Waals surface area contributed by atoms with Crippen molar-refractivity contribution in [3.8, 4) is 5.75 Å². The summed E-state index contributed by atoms with van der Waals surface area (Å²) in [7, 11) is 0. The molecule has 0 aliphatic heterocycles. The van der Waals surface area contributed by atoms with E-state index in [2.05, 4.69) is 26.8 Å². The van der Waals surface area contributed by atoms with Crippen molar-refractivity contribution in [3.05, 3.63) is 42.0 Å². The number of hydrogen-bond acceptors (Lipinski definition) is 1. The highest BCUT2D eigenvalue weighted by Gasteiger charge is 2.15. The lowest BCUT2D eigenvalue weighted by Gasteiger charge is -2.20. The van der Waals surface area contributed by atoms with Gasteiger partial charge in [0, 0.05) is 5.39 Å². The molecular formula is C14H16O. The summed E-state index contributed by atoms with van der Waals surface area (Å²) in [4.78, 5) is 0. The molecule has 2 aromatic rings. The molecule has 15 heavy (non-hydrogen) atoms. The first-order chi connectivity index (χ1) is 6.98. The van der Waals surface area contributed by atoms with Crippen LogP contribution in [0.3, 0.4) is 0 Å². The average Bonchev–Trinajstić information content (AvgIpc) is 2.16. The fourth-order valence-corrected chi connectivity index (χ4v) is 1.72. The summed E-state index contributed by atoms with van der Waals surface area (Å²) in [6, 6.07) is 11.9. The Morgan fingerprint density at radius 1 is 1.00 bits per heavy atom. The molecule has 0 aliphatic rings. The van der Waals surface area contributed by atoms with E-state index in [1.807, 2.05) is 30.3 Å². The van der Waals surface area contributed by atoms with Crippen molar-refractivity contribution in [2.45, 2.75) is 26.2 Å². The van der Waals surface area contributed by atoms with Gasteiger partial charge in [0.05, 0.1) is 0 Å². The topological polar surface area (TPSA) is 20.2 Å². The summed E-state index contributed by atoms with van der Waals surface area (Å²) in [5.41, 5.74) is 1.24. The number of phenolic OH excluding ortho intramolecular Hbond substituents is 1. The van der Waals surface area contributed by atoms with Crippen LogP contribution in [0.2, 0.25) is 0 Å². The number of benzene rings is 2. The molecule has 0 heterocycles. The van der Waals surface area contributed by atoms with Crippen molar-refractivity contribution in [2.24, 2.45) is 0 Å². The van der Waals surface area contributed by atoms with E-state index in [-0.39, 0.29) is 5.41 Å². The Morgan fingerprint density at radius 3 is 2.33 bits per heavy atom. The van der Waals surface area contributed by atoms with E-state index < -0.39 is 0 Å². The predicted octanol–water partition coefficient (Wildman–Crippen LogP) is 3.84. The first-order valence-electron chi connectivity index (χ1n) is 5.21. The Bertz CT molecular complexity index is 492. The van der Waals surface area contributed by atoms with Crippen LogP contribution in [0.1, 0.15) is 26.3 Å². The Hall–Kier alpha value is -1.50. The molecule has 0 fully saturated rings. The molecule has 78 valence electrons. The zero-order valence-electron chi connectivity index (χ0n) is 9.41. The standard InChI is InChI=1S/C14H16O/c1-14(2,3)11-8-10-6-4-5-7-12(10)13(15)9-11/h4-9,15H,1-3H3. The first-order valence-corrected chi connectivity index (χ1v) is 5.21. The highest BCUT2D eigenvalue weighted by molar-refractivity contribution is 5.88. The van der Waals surface area contributed by atoms with Gasteiger partial charge >= 0.3 is 0 Å². The summed E-state index contributed by atoms with van der Waals surface area (Å²) < 4.78 is 0. The van der Waals surface area contributed by atoms with Gasteiger partial charge in [-0.2, -0.15) is 0 Å². The van der Waals surface area contributed by atoms with Crippen LogP contribution in [0.15, 0.2) is 36.4 Å². The molecule has 0 saturated carbocycles. The molecule has 0 atom stereocenters. The molecule has 0 unspecified atom stereocenters. The van der Waals surface area contributed by atoms with E-state index in [0.717, 1.165) is 10.8 Å². The summed E-state index contributed by atoms with van der Waals surface area (Å²) >= 11 is 0. The van der Waals surface area contributed by atoms with Crippen molar-refractivity contribution < 1.29 is 5.11 Å². The molecule has 0 spiro atoms. The van der Waals surface area contributed by atoms with Crippen LogP contribution in [0, 0.1) is 0 Å². The molecule has 1 nitrogen and oxygen atoms in total. The zero-order chi connectivity index (χ0) is 11.1. The van der Waals surface area contributed by atoms with Gasteiger partial charge in [-0.05, 0) is 22.4 Å². The van der Waals surface area contributed by atoms with Gasteiger partial charge in [0.1, 0.15) is 5.75 Å². The minimum absolute atomic E-state index is 0.0709. The van der Waals surface area contributed by atoms with Crippen LogP contribution >= 0.6 is 0 Å². The third-order valence-corrected chi connectivity index (χ3v) is 2.71. The second-order valence-electron chi connectivity index (χ2n) is 4.97. The number of hydrogen-bond donors (Lipinski definition) is 1. The summed E-state index contributed by atoms with van der Waals surface area (Å²) in [6.45, 7) is 6.45. The van der Waals surface area contributed by atoms with Gasteiger partial charge in [-0.1, -0.05) is 51.1 Å². The Morgan fingerprint density at radius 2 is 1.67 bits per heavy atom. The molecule has 2 rings (SSSR count). The molecular weight excluding hydrogens is 184 g/mol. The van der Waals surface area contributed by atoms with Gasteiger partial charge in [-0.25, -0.2) is 0 Å². The third kappa shape index (κ3) is 1.82. The minimum atomic E-state index is 0.0709. The van der Waals surface area contributed by atoms with Crippen molar-refractivity contribution in [3.63, 3.8) is 0 Å². The Balaban J connectivity index is 2.73. The van der Waals surface area contributed by atoms with E-state index in [1.54, 1.807) is 0 Å². The smallest absolute Gasteiger partial charge is 0.123 e. The Kier molecular flexibility index (Phi) is 2.18. The van der Waals surface area contributed by atoms with Gasteiger partial charge in [-0.3, -0.25) is 0 Å².